The van der Waals surface area contributed by atoms with Crippen molar-refractivity contribution in [1.82, 2.24) is 20.3 Å². The van der Waals surface area contributed by atoms with Crippen LogP contribution in [0.4, 0.5) is 0 Å². The minimum atomic E-state index is -3.55. The van der Waals surface area contributed by atoms with E-state index in [1.165, 1.54) is 0 Å². The summed E-state index contributed by atoms with van der Waals surface area (Å²) in [6.45, 7) is 5.69. The van der Waals surface area contributed by atoms with Gasteiger partial charge in [-0.2, -0.15) is 0 Å². The van der Waals surface area contributed by atoms with Gasteiger partial charge in [0.1, 0.15) is 5.76 Å². The number of oxazole rings is 1. The van der Waals surface area contributed by atoms with Gasteiger partial charge in [0.2, 0.25) is 15.9 Å². The van der Waals surface area contributed by atoms with Crippen molar-refractivity contribution in [1.29, 1.82) is 0 Å². The average Bonchev–Trinajstić information content (AvgIpc) is 3.37. The molecule has 0 amide bonds. The van der Waals surface area contributed by atoms with Gasteiger partial charge < -0.3 is 19.8 Å². The molecule has 1 atom stereocenters. The summed E-state index contributed by atoms with van der Waals surface area (Å²) in [4.78, 5) is 8.74. The maximum Gasteiger partial charge on any atom is 0.240 e. The van der Waals surface area contributed by atoms with E-state index in [0.717, 1.165) is 29.9 Å². The second-order valence-electron chi connectivity index (χ2n) is 7.16. The third-order valence-corrected chi connectivity index (χ3v) is 6.36. The lowest BCUT2D eigenvalue weighted by Gasteiger charge is -2.13. The lowest BCUT2D eigenvalue weighted by Crippen LogP contribution is -2.36. The molecule has 1 aromatic carbocycles. The molecular formula is C20H29N5O4S. The summed E-state index contributed by atoms with van der Waals surface area (Å²) in [6.07, 6.45) is 1.83. The van der Waals surface area contributed by atoms with E-state index in [4.69, 9.17) is 9.15 Å². The highest BCUT2D eigenvalue weighted by molar-refractivity contribution is 7.89. The first-order valence-corrected chi connectivity index (χ1v) is 11.4. The van der Waals surface area contributed by atoms with Crippen molar-refractivity contribution in [3.05, 3.63) is 47.2 Å². The van der Waals surface area contributed by atoms with E-state index in [1.807, 2.05) is 13.8 Å². The van der Waals surface area contributed by atoms with E-state index in [9.17, 15) is 8.42 Å². The van der Waals surface area contributed by atoms with Crippen molar-refractivity contribution >= 4 is 16.0 Å². The van der Waals surface area contributed by atoms with Crippen LogP contribution in [0, 0.1) is 13.8 Å². The van der Waals surface area contributed by atoms with Gasteiger partial charge in [-0.1, -0.05) is 12.1 Å². The SMILES string of the molecule is CN=C(NCc1ccc(S(=O)(=O)NCC2CCCO2)cc1)NCc1nc(C)c(C)o1. The van der Waals surface area contributed by atoms with Crippen molar-refractivity contribution in [2.45, 2.75) is 50.8 Å². The van der Waals surface area contributed by atoms with E-state index >= 15 is 0 Å². The fourth-order valence-electron chi connectivity index (χ4n) is 3.06. The number of rotatable bonds is 8. The quantitative estimate of drug-likeness (QED) is 0.426. The number of benzene rings is 1. The molecule has 30 heavy (non-hydrogen) atoms. The van der Waals surface area contributed by atoms with E-state index in [1.54, 1.807) is 31.3 Å². The van der Waals surface area contributed by atoms with Crippen LogP contribution in [0.5, 0.6) is 0 Å². The number of nitrogens with one attached hydrogen (secondary N) is 3. The number of hydrogen-bond donors (Lipinski definition) is 3. The molecule has 10 heteroatoms. The normalized spacial score (nSPS) is 17.3. The van der Waals surface area contributed by atoms with Crippen LogP contribution in [-0.2, 0) is 27.8 Å². The van der Waals surface area contributed by atoms with Crippen molar-refractivity contribution < 1.29 is 17.6 Å². The first-order chi connectivity index (χ1) is 14.4. The molecule has 0 spiro atoms. The highest BCUT2D eigenvalue weighted by atomic mass is 32.2. The minimum absolute atomic E-state index is 0.0355. The molecule has 2 aromatic rings. The highest BCUT2D eigenvalue weighted by Gasteiger charge is 2.20. The van der Waals surface area contributed by atoms with Gasteiger partial charge in [0, 0.05) is 26.7 Å². The van der Waals surface area contributed by atoms with Crippen LogP contribution in [0.25, 0.3) is 0 Å². The number of nitrogens with zero attached hydrogens (tertiary/aromatic N) is 2. The van der Waals surface area contributed by atoms with Gasteiger partial charge in [0.05, 0.1) is 23.2 Å². The fourth-order valence-corrected chi connectivity index (χ4v) is 4.12. The molecule has 3 rings (SSSR count). The predicted octanol–water partition coefficient (Wildman–Crippen LogP) is 1.61. The van der Waals surface area contributed by atoms with Gasteiger partial charge in [0.25, 0.3) is 0 Å². The van der Waals surface area contributed by atoms with Crippen LogP contribution < -0.4 is 15.4 Å². The van der Waals surface area contributed by atoms with Crippen LogP contribution in [0.1, 0.15) is 35.7 Å². The molecule has 1 fully saturated rings. The van der Waals surface area contributed by atoms with Crippen LogP contribution in [0.15, 0.2) is 38.6 Å². The van der Waals surface area contributed by atoms with E-state index in [-0.39, 0.29) is 11.0 Å². The maximum absolute atomic E-state index is 12.4. The largest absolute Gasteiger partial charge is 0.444 e. The van der Waals surface area contributed by atoms with Gasteiger partial charge >= 0.3 is 0 Å². The summed E-state index contributed by atoms with van der Waals surface area (Å²) in [7, 11) is -1.87. The Hall–Kier alpha value is -2.43. The third-order valence-electron chi connectivity index (χ3n) is 4.92. The molecule has 0 saturated carbocycles. The molecule has 1 aliphatic rings. The molecule has 1 unspecified atom stereocenters. The van der Waals surface area contributed by atoms with Gasteiger partial charge in [-0.3, -0.25) is 4.99 Å². The van der Waals surface area contributed by atoms with Crippen molar-refractivity contribution in [3.8, 4) is 0 Å². The molecule has 1 saturated heterocycles. The Kier molecular flexibility index (Phi) is 7.46. The fraction of sp³-hybridized carbons (Fsp3) is 0.500. The Morgan fingerprint density at radius 1 is 1.20 bits per heavy atom. The van der Waals surface area contributed by atoms with E-state index in [0.29, 0.717) is 38.1 Å². The maximum atomic E-state index is 12.4. The number of sulfonamides is 1. The Morgan fingerprint density at radius 2 is 1.93 bits per heavy atom. The first-order valence-electron chi connectivity index (χ1n) is 9.95. The smallest absolute Gasteiger partial charge is 0.240 e. The number of hydrogen-bond acceptors (Lipinski definition) is 6. The predicted molar refractivity (Wildman–Crippen MR) is 114 cm³/mol. The van der Waals surface area contributed by atoms with Gasteiger partial charge in [-0.25, -0.2) is 18.1 Å². The summed E-state index contributed by atoms with van der Waals surface area (Å²) >= 11 is 0. The zero-order valence-electron chi connectivity index (χ0n) is 17.6. The van der Waals surface area contributed by atoms with Crippen molar-refractivity contribution in [2.24, 2.45) is 4.99 Å². The molecular weight excluding hydrogens is 406 g/mol. The molecule has 3 N–H and O–H groups in total. The second kappa shape index (κ2) is 10.1. The Bertz CT molecular complexity index is 944. The zero-order valence-corrected chi connectivity index (χ0v) is 18.4. The molecule has 1 aliphatic heterocycles. The van der Waals surface area contributed by atoms with Gasteiger partial charge in [-0.05, 0) is 44.4 Å². The van der Waals surface area contributed by atoms with Gasteiger partial charge in [0.15, 0.2) is 5.96 Å². The summed E-state index contributed by atoms with van der Waals surface area (Å²) in [6, 6.07) is 6.76. The molecule has 1 aromatic heterocycles. The molecule has 9 nitrogen and oxygen atoms in total. The van der Waals surface area contributed by atoms with E-state index in [2.05, 4.69) is 25.3 Å². The topological polar surface area (TPSA) is 118 Å². The van der Waals surface area contributed by atoms with E-state index < -0.39 is 10.0 Å². The zero-order chi connectivity index (χ0) is 21.6. The van der Waals surface area contributed by atoms with Crippen LogP contribution >= 0.6 is 0 Å². The van der Waals surface area contributed by atoms with Crippen LogP contribution in [0.2, 0.25) is 0 Å². The first kappa shape index (κ1) is 22.3. The Balaban J connectivity index is 1.49. The molecule has 164 valence electrons. The van der Waals surface area contributed by atoms with Gasteiger partial charge in [-0.15, -0.1) is 0 Å². The Morgan fingerprint density at radius 3 is 2.53 bits per heavy atom. The second-order valence-corrected chi connectivity index (χ2v) is 8.93. The summed E-state index contributed by atoms with van der Waals surface area (Å²) in [5.74, 6) is 1.99. The number of aliphatic imine (C=N–C) groups is 1. The number of guanidine groups is 1. The summed E-state index contributed by atoms with van der Waals surface area (Å²) in [5.41, 5.74) is 1.80. The molecule has 0 aliphatic carbocycles. The number of ether oxygens (including phenoxy) is 1. The summed E-state index contributed by atoms with van der Waals surface area (Å²) < 4.78 is 38.5. The molecule has 0 radical (unpaired) electrons. The van der Waals surface area contributed by atoms with Crippen LogP contribution in [-0.4, -0.2) is 45.7 Å². The van der Waals surface area contributed by atoms with Crippen molar-refractivity contribution in [3.63, 3.8) is 0 Å². The standard InChI is InChI=1S/C20H29N5O4S/c1-14-15(2)29-19(25-14)13-23-20(21-3)22-11-16-6-8-18(9-7-16)30(26,27)24-12-17-5-4-10-28-17/h6-9,17,24H,4-5,10-13H2,1-3H3,(H2,21,22,23). The average molecular weight is 436 g/mol. The molecule has 0 bridgehead atoms. The van der Waals surface area contributed by atoms with Crippen molar-refractivity contribution in [2.75, 3.05) is 20.2 Å². The Labute approximate surface area is 177 Å². The lowest BCUT2D eigenvalue weighted by molar-refractivity contribution is 0.114. The molecule has 2 heterocycles. The van der Waals surface area contributed by atoms with Crippen LogP contribution in [0.3, 0.4) is 0 Å². The monoisotopic (exact) mass is 435 g/mol. The minimum Gasteiger partial charge on any atom is -0.444 e. The third kappa shape index (κ3) is 6.04. The highest BCUT2D eigenvalue weighted by Crippen LogP contribution is 2.14. The number of aromatic nitrogens is 1. The lowest BCUT2D eigenvalue weighted by atomic mass is 10.2. The number of aryl methyl sites for hydroxylation is 2. The summed E-state index contributed by atoms with van der Waals surface area (Å²) in [5, 5.41) is 6.33.